The van der Waals surface area contributed by atoms with Crippen molar-refractivity contribution in [2.45, 2.75) is 16.3 Å². The van der Waals surface area contributed by atoms with Crippen LogP contribution in [0.2, 0.25) is 9.36 Å². The van der Waals surface area contributed by atoms with Crippen LogP contribution in [0.15, 0.2) is 0 Å². The molecule has 0 bridgehead atoms. The average molecular weight is 175 g/mol. The Hall–Kier alpha value is 0.870. The van der Waals surface area contributed by atoms with Crippen molar-refractivity contribution in [3.63, 3.8) is 0 Å². The molecule has 0 rings (SSSR count). The Bertz CT molecular complexity index is 3.61. The van der Waals surface area contributed by atoms with Crippen LogP contribution in [0.1, 0.15) is 6.92 Å². The third kappa shape index (κ3) is 53.0. The average Bonchev–Trinajstić information content (AvgIpc) is 1.46. The number of hydrogen-bond acceptors (Lipinski definition) is 0. The third-order valence-corrected chi connectivity index (χ3v) is 0. The predicted molar refractivity (Wildman–Crippen MR) is 29.9 cm³/mol. The minimum absolute atomic E-state index is 0.01000. The SMILES string of the molecule is [CH2]C.[CH3][InH][CH3]. The molecule has 0 aliphatic heterocycles. The van der Waals surface area contributed by atoms with Crippen molar-refractivity contribution >= 4 is 22.9 Å². The van der Waals surface area contributed by atoms with Gasteiger partial charge in [0.1, 0.15) is 0 Å². The zero-order valence-electron chi connectivity index (χ0n) is 4.41. The minimum atomic E-state index is -0.01000. The van der Waals surface area contributed by atoms with Crippen molar-refractivity contribution in [2.24, 2.45) is 0 Å². The Kier molecular flexibility index (Phi) is 38.8. The first-order chi connectivity index (χ1) is 2.41. The van der Waals surface area contributed by atoms with Crippen molar-refractivity contribution in [2.75, 3.05) is 0 Å². The fourth-order valence-electron chi connectivity index (χ4n) is 0. The Balaban J connectivity index is 0. The van der Waals surface area contributed by atoms with E-state index in [1.807, 2.05) is 0 Å². The van der Waals surface area contributed by atoms with Crippen LogP contribution in [0.25, 0.3) is 0 Å². The molecule has 0 aromatic rings. The summed E-state index contributed by atoms with van der Waals surface area (Å²) in [6.45, 7) is 5.00. The Morgan fingerprint density at radius 3 is 1.20 bits per heavy atom. The van der Waals surface area contributed by atoms with Crippen LogP contribution in [0.5, 0.6) is 0 Å². The van der Waals surface area contributed by atoms with Crippen molar-refractivity contribution in [1.29, 1.82) is 0 Å². The Morgan fingerprint density at radius 2 is 1.20 bits per heavy atom. The van der Waals surface area contributed by atoms with Crippen LogP contribution in [0.3, 0.4) is 0 Å². The van der Waals surface area contributed by atoms with E-state index in [2.05, 4.69) is 16.3 Å². The fraction of sp³-hybridized carbons (Fsp3) is 0.750. The van der Waals surface area contributed by atoms with Crippen LogP contribution in [0.4, 0.5) is 0 Å². The van der Waals surface area contributed by atoms with Gasteiger partial charge in [0.2, 0.25) is 0 Å². The summed E-state index contributed by atoms with van der Waals surface area (Å²) < 4.78 is 4.67. The number of hydrogen-bond donors (Lipinski definition) is 0. The second kappa shape index (κ2) is 20.9. The van der Waals surface area contributed by atoms with Crippen molar-refractivity contribution in [1.82, 2.24) is 0 Å². The van der Waals surface area contributed by atoms with Crippen molar-refractivity contribution < 1.29 is 0 Å². The van der Waals surface area contributed by atoms with Crippen LogP contribution >= 0.6 is 0 Å². The van der Waals surface area contributed by atoms with E-state index in [9.17, 15) is 0 Å². The van der Waals surface area contributed by atoms with E-state index >= 15 is 0 Å². The quantitative estimate of drug-likeness (QED) is 0.521. The van der Waals surface area contributed by atoms with Gasteiger partial charge in [0.15, 0.2) is 0 Å². The van der Waals surface area contributed by atoms with E-state index in [0.717, 1.165) is 0 Å². The maximum absolute atomic E-state index is 3.25. The van der Waals surface area contributed by atoms with Gasteiger partial charge < -0.3 is 0 Å². The first-order valence-corrected chi connectivity index (χ1v) is 10.2. The molecule has 0 amide bonds. The summed E-state index contributed by atoms with van der Waals surface area (Å²) in [5.41, 5.74) is 0. The summed E-state index contributed by atoms with van der Waals surface area (Å²) in [7, 11) is 0. The Morgan fingerprint density at radius 1 is 1.20 bits per heavy atom. The van der Waals surface area contributed by atoms with E-state index in [1.54, 1.807) is 6.92 Å². The van der Waals surface area contributed by atoms with Gasteiger partial charge in [-0.1, -0.05) is 13.8 Å². The fourth-order valence-corrected chi connectivity index (χ4v) is 0. The predicted octanol–water partition coefficient (Wildman–Crippen LogP) is 1.36. The molecule has 0 aromatic heterocycles. The van der Waals surface area contributed by atoms with Crippen LogP contribution in [0, 0.1) is 6.92 Å². The molecular formula is C4H12In. The molecule has 0 heterocycles. The summed E-state index contributed by atoms with van der Waals surface area (Å²) >= 11 is -0.01000. The van der Waals surface area contributed by atoms with Gasteiger partial charge in [0.25, 0.3) is 0 Å². The molecular weight excluding hydrogens is 163 g/mol. The van der Waals surface area contributed by atoms with Gasteiger partial charge >= 0.3 is 32.3 Å². The molecule has 0 N–H and O–H groups in total. The maximum atomic E-state index is 3.25. The number of rotatable bonds is 0. The molecule has 0 nitrogen and oxygen atoms in total. The monoisotopic (exact) mass is 175 g/mol. The summed E-state index contributed by atoms with van der Waals surface area (Å²) in [5, 5.41) is 0. The molecule has 1 heteroatoms. The van der Waals surface area contributed by atoms with E-state index in [1.165, 1.54) is 0 Å². The molecule has 0 unspecified atom stereocenters. The summed E-state index contributed by atoms with van der Waals surface area (Å²) in [6, 6.07) is 0. The molecule has 0 saturated heterocycles. The van der Waals surface area contributed by atoms with Gasteiger partial charge in [-0.15, -0.1) is 0 Å². The van der Waals surface area contributed by atoms with Gasteiger partial charge in [-0.05, 0) is 0 Å². The van der Waals surface area contributed by atoms with Gasteiger partial charge in [-0.2, -0.15) is 0 Å². The summed E-state index contributed by atoms with van der Waals surface area (Å²) in [6.07, 6.45) is 0. The van der Waals surface area contributed by atoms with Crippen LogP contribution < -0.4 is 0 Å². The molecule has 0 aliphatic carbocycles. The molecule has 0 saturated carbocycles. The Labute approximate surface area is 46.3 Å². The molecule has 0 spiro atoms. The van der Waals surface area contributed by atoms with Gasteiger partial charge in [-0.25, -0.2) is 0 Å². The molecule has 5 heavy (non-hydrogen) atoms. The normalized spacial score (nSPS) is 4.00. The van der Waals surface area contributed by atoms with Crippen molar-refractivity contribution in [3.8, 4) is 0 Å². The second-order valence-electron chi connectivity index (χ2n) is 0.707. The van der Waals surface area contributed by atoms with Gasteiger partial charge in [0, 0.05) is 0 Å². The standard InChI is InChI=1S/C2H5.2CH3.In.H/c1-2;;;;/h1H2,2H3;2*1H3;;. The zero-order valence-corrected chi connectivity index (χ0v) is 8.45. The molecule has 0 aliphatic rings. The van der Waals surface area contributed by atoms with E-state index < -0.39 is 0 Å². The van der Waals surface area contributed by atoms with Gasteiger partial charge in [-0.3, -0.25) is 0 Å². The molecule has 31 valence electrons. The summed E-state index contributed by atoms with van der Waals surface area (Å²) in [4.78, 5) is 0. The van der Waals surface area contributed by atoms with Crippen LogP contribution in [-0.4, -0.2) is 22.9 Å². The first kappa shape index (κ1) is 9.30. The molecule has 0 fully saturated rings. The third-order valence-electron chi connectivity index (χ3n) is 0. The molecule has 0 aromatic carbocycles. The molecule has 0 atom stereocenters. The van der Waals surface area contributed by atoms with Gasteiger partial charge in [0.05, 0.1) is 0 Å². The molecule has 1 radical (unpaired) electrons. The van der Waals surface area contributed by atoms with Crippen molar-refractivity contribution in [3.05, 3.63) is 6.92 Å². The summed E-state index contributed by atoms with van der Waals surface area (Å²) in [5.74, 6) is 0. The second-order valence-corrected chi connectivity index (χ2v) is 4.74. The zero-order chi connectivity index (χ0) is 4.71. The van der Waals surface area contributed by atoms with E-state index in [4.69, 9.17) is 0 Å². The first-order valence-electron chi connectivity index (χ1n) is 2.12. The van der Waals surface area contributed by atoms with E-state index in [0.29, 0.717) is 0 Å². The van der Waals surface area contributed by atoms with E-state index in [-0.39, 0.29) is 22.9 Å². The van der Waals surface area contributed by atoms with Crippen LogP contribution in [-0.2, 0) is 0 Å². The topological polar surface area (TPSA) is 0 Å².